The smallest absolute Gasteiger partial charge is 0.246 e. The Morgan fingerprint density at radius 2 is 1.88 bits per heavy atom. The van der Waals surface area contributed by atoms with E-state index in [1.165, 1.54) is 0 Å². The summed E-state index contributed by atoms with van der Waals surface area (Å²) >= 11 is 0. The molecular formula is C14H11F4N3O2S. The van der Waals surface area contributed by atoms with Crippen molar-refractivity contribution in [2.75, 3.05) is 0 Å². The van der Waals surface area contributed by atoms with E-state index in [9.17, 15) is 26.0 Å². The van der Waals surface area contributed by atoms with E-state index in [0.717, 1.165) is 22.9 Å². The highest BCUT2D eigenvalue weighted by molar-refractivity contribution is 7.92. The first-order valence-electron chi connectivity index (χ1n) is 7.22. The molecule has 1 aliphatic heterocycles. The molecule has 0 saturated heterocycles. The van der Waals surface area contributed by atoms with Crippen LogP contribution in [0.25, 0.3) is 0 Å². The Hall–Kier alpha value is -1.97. The molecule has 1 aliphatic carbocycles. The maximum absolute atomic E-state index is 14.2. The second-order valence-corrected chi connectivity index (χ2v) is 7.98. The highest BCUT2D eigenvalue weighted by Gasteiger charge is 2.51. The Morgan fingerprint density at radius 3 is 2.54 bits per heavy atom. The van der Waals surface area contributed by atoms with Gasteiger partial charge in [0.25, 0.3) is 5.16 Å². The van der Waals surface area contributed by atoms with Crippen LogP contribution in [0.15, 0.2) is 23.4 Å². The number of nitrogens with zero attached hydrogens (tertiary/aromatic N) is 3. The second-order valence-electron chi connectivity index (χ2n) is 5.92. The third-order valence-corrected chi connectivity index (χ3v) is 6.24. The van der Waals surface area contributed by atoms with Crippen molar-refractivity contribution in [2.45, 2.75) is 41.6 Å². The first kappa shape index (κ1) is 15.6. The summed E-state index contributed by atoms with van der Waals surface area (Å²) in [5.74, 6) is -1.74. The lowest BCUT2D eigenvalue weighted by Crippen LogP contribution is -2.14. The molecule has 5 nitrogen and oxygen atoms in total. The molecule has 0 spiro atoms. The third kappa shape index (κ3) is 2.23. The van der Waals surface area contributed by atoms with E-state index in [2.05, 4.69) is 10.1 Å². The molecule has 4 atom stereocenters. The maximum atomic E-state index is 14.2. The largest absolute Gasteiger partial charge is 0.267 e. The monoisotopic (exact) mass is 361 g/mol. The Labute approximate surface area is 134 Å². The summed E-state index contributed by atoms with van der Waals surface area (Å²) in [5, 5.41) is 1.87. The Bertz CT molecular complexity index is 930. The van der Waals surface area contributed by atoms with E-state index < -0.39 is 50.3 Å². The van der Waals surface area contributed by atoms with Crippen molar-refractivity contribution in [2.24, 2.45) is 0 Å². The van der Waals surface area contributed by atoms with E-state index in [1.807, 2.05) is 0 Å². The normalized spacial score (nSPS) is 28.8. The van der Waals surface area contributed by atoms with Gasteiger partial charge in [0.2, 0.25) is 9.84 Å². The van der Waals surface area contributed by atoms with Crippen LogP contribution in [0, 0.1) is 11.6 Å². The fourth-order valence-electron chi connectivity index (χ4n) is 2.91. The van der Waals surface area contributed by atoms with Crippen molar-refractivity contribution in [1.82, 2.24) is 14.8 Å². The quantitative estimate of drug-likeness (QED) is 0.788. The highest BCUT2D eigenvalue weighted by Crippen LogP contribution is 2.42. The van der Waals surface area contributed by atoms with Crippen molar-refractivity contribution in [1.29, 1.82) is 0 Å². The van der Waals surface area contributed by atoms with Crippen LogP contribution in [0.4, 0.5) is 17.6 Å². The minimum atomic E-state index is -4.09. The fourth-order valence-corrected chi connectivity index (χ4v) is 4.43. The van der Waals surface area contributed by atoms with Gasteiger partial charge in [-0.15, -0.1) is 5.10 Å². The van der Waals surface area contributed by atoms with Gasteiger partial charge in [-0.25, -0.2) is 30.7 Å². The number of hydrogen-bond donors (Lipinski definition) is 0. The van der Waals surface area contributed by atoms with Crippen LogP contribution < -0.4 is 0 Å². The Kier molecular flexibility index (Phi) is 3.25. The van der Waals surface area contributed by atoms with Gasteiger partial charge in [0, 0.05) is 12.0 Å². The second kappa shape index (κ2) is 5.01. The summed E-state index contributed by atoms with van der Waals surface area (Å²) in [7, 11) is -4.09. The molecule has 1 saturated carbocycles. The van der Waals surface area contributed by atoms with Crippen LogP contribution in [-0.2, 0) is 9.84 Å². The molecule has 2 heterocycles. The van der Waals surface area contributed by atoms with Crippen molar-refractivity contribution >= 4 is 9.84 Å². The minimum Gasteiger partial charge on any atom is -0.246 e. The molecule has 0 bridgehead atoms. The molecule has 1 aromatic carbocycles. The molecule has 10 heteroatoms. The van der Waals surface area contributed by atoms with E-state index in [4.69, 9.17) is 0 Å². The minimum absolute atomic E-state index is 0.139. The van der Waals surface area contributed by atoms with Crippen LogP contribution >= 0.6 is 0 Å². The average molecular weight is 361 g/mol. The first-order chi connectivity index (χ1) is 11.3. The summed E-state index contributed by atoms with van der Waals surface area (Å²) < 4.78 is 79.8. The van der Waals surface area contributed by atoms with Crippen LogP contribution in [-0.4, -0.2) is 34.6 Å². The molecule has 0 N–H and O–H groups in total. The Balaban J connectivity index is 1.78. The van der Waals surface area contributed by atoms with Crippen molar-refractivity contribution in [3.63, 3.8) is 0 Å². The van der Waals surface area contributed by atoms with Gasteiger partial charge in [-0.1, -0.05) is 0 Å². The molecule has 0 unspecified atom stereocenters. The zero-order valence-corrected chi connectivity index (χ0v) is 12.9. The van der Waals surface area contributed by atoms with Gasteiger partial charge in [-0.05, 0) is 24.6 Å². The van der Waals surface area contributed by atoms with Crippen molar-refractivity contribution < 1.29 is 26.0 Å². The van der Waals surface area contributed by atoms with Gasteiger partial charge in [0.15, 0.2) is 12.0 Å². The van der Waals surface area contributed by atoms with Gasteiger partial charge in [0.1, 0.15) is 23.1 Å². The number of rotatable bonds is 3. The van der Waals surface area contributed by atoms with E-state index in [-0.39, 0.29) is 24.2 Å². The molecule has 4 rings (SSSR count). The molecule has 2 aromatic rings. The van der Waals surface area contributed by atoms with Crippen LogP contribution in [0.2, 0.25) is 0 Å². The summed E-state index contributed by atoms with van der Waals surface area (Å²) in [6, 6.07) is 1.73. The van der Waals surface area contributed by atoms with Gasteiger partial charge in [-0.3, -0.25) is 0 Å². The van der Waals surface area contributed by atoms with E-state index in [0.29, 0.717) is 0 Å². The molecule has 1 aromatic heterocycles. The zero-order valence-electron chi connectivity index (χ0n) is 12.0. The molecule has 1 fully saturated rings. The number of alkyl halides is 2. The molecule has 0 radical (unpaired) electrons. The highest BCUT2D eigenvalue weighted by atomic mass is 32.2. The molecule has 128 valence electrons. The SMILES string of the molecule is O=S(=O)(c1nc2n(n1)[C@H](c1cc(F)ccc1F)C[C@@H]2F)[C@@H]1C[C@H]1F. The van der Waals surface area contributed by atoms with Crippen LogP contribution in [0.1, 0.15) is 36.4 Å². The first-order valence-corrected chi connectivity index (χ1v) is 8.77. The van der Waals surface area contributed by atoms with Gasteiger partial charge >= 0.3 is 0 Å². The summed E-state index contributed by atoms with van der Waals surface area (Å²) in [6.07, 6.45) is -3.53. The standard InChI is InChI=1S/C14H11F4N3O2S/c15-6-1-2-8(16)7(3-6)11-4-10(18)13-19-14(20-21(11)13)24(22,23)12-5-9(12)17/h1-3,9-12H,4-5H2/t9-,10+,11+,12-/m1/s1. The Morgan fingerprint density at radius 1 is 1.17 bits per heavy atom. The molecule has 2 aliphatic rings. The van der Waals surface area contributed by atoms with Gasteiger partial charge < -0.3 is 0 Å². The lowest BCUT2D eigenvalue weighted by molar-refractivity contribution is 0.325. The van der Waals surface area contributed by atoms with Crippen LogP contribution in [0.5, 0.6) is 0 Å². The summed E-state index contributed by atoms with van der Waals surface area (Å²) in [5.41, 5.74) is -0.139. The van der Waals surface area contributed by atoms with Crippen molar-refractivity contribution in [3.8, 4) is 0 Å². The number of benzene rings is 1. The summed E-state index contributed by atoms with van der Waals surface area (Å²) in [4.78, 5) is 3.67. The molecule has 24 heavy (non-hydrogen) atoms. The van der Waals surface area contributed by atoms with E-state index >= 15 is 0 Å². The predicted molar refractivity (Wildman–Crippen MR) is 73.5 cm³/mol. The lowest BCUT2D eigenvalue weighted by Gasteiger charge is -2.12. The number of sulfone groups is 1. The number of halogens is 4. The van der Waals surface area contributed by atoms with Crippen LogP contribution in [0.3, 0.4) is 0 Å². The van der Waals surface area contributed by atoms with Crippen molar-refractivity contribution in [3.05, 3.63) is 41.2 Å². The predicted octanol–water partition coefficient (Wildman–Crippen LogP) is 2.44. The molecular weight excluding hydrogens is 350 g/mol. The topological polar surface area (TPSA) is 64.8 Å². The third-order valence-electron chi connectivity index (χ3n) is 4.27. The maximum Gasteiger partial charge on any atom is 0.267 e. The summed E-state index contributed by atoms with van der Waals surface area (Å²) in [6.45, 7) is 0. The molecule has 0 amide bonds. The fraction of sp³-hybridized carbons (Fsp3) is 0.429. The number of hydrogen-bond acceptors (Lipinski definition) is 4. The lowest BCUT2D eigenvalue weighted by atomic mass is 10.0. The number of aromatic nitrogens is 3. The van der Waals surface area contributed by atoms with Gasteiger partial charge in [0.05, 0.1) is 6.04 Å². The number of fused-ring (bicyclic) bond motifs is 1. The zero-order chi connectivity index (χ0) is 17.2. The van der Waals surface area contributed by atoms with Gasteiger partial charge in [-0.2, -0.15) is 4.98 Å². The van der Waals surface area contributed by atoms with E-state index in [1.54, 1.807) is 0 Å². The average Bonchev–Trinajstić information content (AvgIpc) is 2.98.